The summed E-state index contributed by atoms with van der Waals surface area (Å²) in [6, 6.07) is 1.43. The van der Waals surface area contributed by atoms with Gasteiger partial charge in [0, 0.05) is 5.56 Å². The summed E-state index contributed by atoms with van der Waals surface area (Å²) in [6.07, 6.45) is -2.08. The molecule has 0 saturated carbocycles. The minimum atomic E-state index is -2.94. The predicted molar refractivity (Wildman–Crippen MR) is 92.1 cm³/mol. The monoisotopic (exact) mass is 407 g/mol. The summed E-state index contributed by atoms with van der Waals surface area (Å²) in [7, 11) is 0. The predicted octanol–water partition coefficient (Wildman–Crippen LogP) is 4.89. The second kappa shape index (κ2) is 8.55. The first-order valence-electron chi connectivity index (χ1n) is 7.47. The molecule has 1 N–H and O–H groups in total. The Morgan fingerprint density at radius 2 is 2.00 bits per heavy atom. The molecule has 1 atom stereocenters. The second-order valence-electron chi connectivity index (χ2n) is 5.15. The SMILES string of the molecule is CCOC(=O)C(C)Nc1cc(-c2ncnc(C(F)F)c2Cl)c(F)cc1Cl. The third-order valence-electron chi connectivity index (χ3n) is 3.35. The number of nitrogens with one attached hydrogen (secondary N) is 1. The lowest BCUT2D eigenvalue weighted by Crippen LogP contribution is -2.28. The zero-order valence-electron chi connectivity index (χ0n) is 13.7. The lowest BCUT2D eigenvalue weighted by molar-refractivity contribution is -0.143. The molecule has 1 unspecified atom stereocenters. The van der Waals surface area contributed by atoms with Crippen molar-refractivity contribution >= 4 is 34.9 Å². The number of anilines is 1. The lowest BCUT2D eigenvalue weighted by atomic mass is 10.1. The lowest BCUT2D eigenvalue weighted by Gasteiger charge is -2.17. The molecule has 0 bridgehead atoms. The minimum absolute atomic E-state index is 0.0124. The fraction of sp³-hybridized carbons (Fsp3) is 0.312. The van der Waals surface area contributed by atoms with Crippen LogP contribution in [0, 0.1) is 5.82 Å². The van der Waals surface area contributed by atoms with E-state index in [0.717, 1.165) is 12.4 Å². The van der Waals surface area contributed by atoms with Crippen LogP contribution in [0.4, 0.5) is 18.9 Å². The third-order valence-corrected chi connectivity index (χ3v) is 4.03. The Hall–Kier alpha value is -2.06. The highest BCUT2D eigenvalue weighted by Crippen LogP contribution is 2.37. The third kappa shape index (κ3) is 4.37. The van der Waals surface area contributed by atoms with Gasteiger partial charge in [-0.05, 0) is 26.0 Å². The van der Waals surface area contributed by atoms with Gasteiger partial charge >= 0.3 is 5.97 Å². The molecule has 0 aliphatic heterocycles. The molecule has 0 aliphatic rings. The largest absolute Gasteiger partial charge is 0.464 e. The zero-order chi connectivity index (χ0) is 19.4. The molecule has 26 heavy (non-hydrogen) atoms. The highest BCUT2D eigenvalue weighted by Gasteiger charge is 2.22. The van der Waals surface area contributed by atoms with Crippen molar-refractivity contribution < 1.29 is 22.7 Å². The number of hydrogen-bond donors (Lipinski definition) is 1. The van der Waals surface area contributed by atoms with Gasteiger partial charge in [0.1, 0.15) is 23.9 Å². The van der Waals surface area contributed by atoms with Crippen molar-refractivity contribution in [2.45, 2.75) is 26.3 Å². The first-order chi connectivity index (χ1) is 12.3. The van der Waals surface area contributed by atoms with Crippen LogP contribution in [-0.2, 0) is 9.53 Å². The molecular formula is C16H14Cl2F3N3O2. The number of carbonyl (C=O) groups excluding carboxylic acids is 1. The molecule has 0 radical (unpaired) electrons. The molecule has 2 aromatic rings. The minimum Gasteiger partial charge on any atom is -0.464 e. The Bertz CT molecular complexity index is 822. The summed E-state index contributed by atoms with van der Waals surface area (Å²) < 4.78 is 45.1. The number of hydrogen-bond acceptors (Lipinski definition) is 5. The Balaban J connectivity index is 2.46. The summed E-state index contributed by atoms with van der Waals surface area (Å²) in [5.74, 6) is -1.35. The standard InChI is InChI=1S/C16H14Cl2F3N3O2/c1-3-26-16(25)7(2)24-11-4-8(10(19)5-9(11)17)13-12(18)14(15(20)21)23-6-22-13/h4-7,15,24H,3H2,1-2H3. The second-order valence-corrected chi connectivity index (χ2v) is 5.94. The van der Waals surface area contributed by atoms with Crippen LogP contribution in [0.5, 0.6) is 0 Å². The molecule has 0 aliphatic carbocycles. The van der Waals surface area contributed by atoms with Gasteiger partial charge in [-0.3, -0.25) is 0 Å². The summed E-state index contributed by atoms with van der Waals surface area (Å²) in [6.45, 7) is 3.38. The van der Waals surface area contributed by atoms with E-state index in [-0.39, 0.29) is 28.6 Å². The van der Waals surface area contributed by atoms with E-state index >= 15 is 0 Å². The van der Waals surface area contributed by atoms with Crippen molar-refractivity contribution in [3.8, 4) is 11.3 Å². The maximum absolute atomic E-state index is 14.3. The molecule has 5 nitrogen and oxygen atoms in total. The fourth-order valence-corrected chi connectivity index (χ4v) is 2.61. The van der Waals surface area contributed by atoms with Gasteiger partial charge in [0.15, 0.2) is 0 Å². The van der Waals surface area contributed by atoms with Crippen molar-refractivity contribution in [2.24, 2.45) is 0 Å². The van der Waals surface area contributed by atoms with E-state index in [1.165, 1.54) is 13.0 Å². The molecule has 1 heterocycles. The molecule has 10 heteroatoms. The van der Waals surface area contributed by atoms with Crippen molar-refractivity contribution in [3.63, 3.8) is 0 Å². The number of alkyl halides is 2. The number of esters is 1. The number of carbonyl (C=O) groups is 1. The normalized spacial score (nSPS) is 12.2. The maximum atomic E-state index is 14.3. The maximum Gasteiger partial charge on any atom is 0.328 e. The van der Waals surface area contributed by atoms with Crippen LogP contribution in [0.25, 0.3) is 11.3 Å². The van der Waals surface area contributed by atoms with E-state index in [2.05, 4.69) is 15.3 Å². The van der Waals surface area contributed by atoms with Crippen LogP contribution in [0.1, 0.15) is 26.0 Å². The highest BCUT2D eigenvalue weighted by molar-refractivity contribution is 6.34. The van der Waals surface area contributed by atoms with E-state index in [1.54, 1.807) is 6.92 Å². The Kier molecular flexibility index (Phi) is 6.66. The van der Waals surface area contributed by atoms with Crippen molar-refractivity contribution in [1.82, 2.24) is 9.97 Å². The van der Waals surface area contributed by atoms with Gasteiger partial charge in [0.2, 0.25) is 0 Å². The molecule has 1 aromatic carbocycles. The smallest absolute Gasteiger partial charge is 0.328 e. The van der Waals surface area contributed by atoms with E-state index in [4.69, 9.17) is 27.9 Å². The molecule has 2 rings (SSSR count). The topological polar surface area (TPSA) is 64.1 Å². The number of rotatable bonds is 6. The first kappa shape index (κ1) is 20.3. The molecular weight excluding hydrogens is 394 g/mol. The van der Waals surface area contributed by atoms with Crippen LogP contribution >= 0.6 is 23.2 Å². The van der Waals surface area contributed by atoms with Crippen LogP contribution < -0.4 is 5.32 Å². The number of ether oxygens (including phenoxy) is 1. The number of nitrogens with zero attached hydrogens (tertiary/aromatic N) is 2. The number of aromatic nitrogens is 2. The molecule has 0 saturated heterocycles. The number of benzene rings is 1. The molecule has 0 spiro atoms. The molecule has 0 fully saturated rings. The van der Waals surface area contributed by atoms with Gasteiger partial charge in [-0.15, -0.1) is 0 Å². The summed E-state index contributed by atoms with van der Waals surface area (Å²) in [5, 5.41) is 2.30. The van der Waals surface area contributed by atoms with E-state index in [1.807, 2.05) is 0 Å². The van der Waals surface area contributed by atoms with Gasteiger partial charge in [0.05, 0.1) is 28.0 Å². The number of halogens is 5. The average molecular weight is 408 g/mol. The van der Waals surface area contributed by atoms with Crippen LogP contribution in [0.3, 0.4) is 0 Å². The van der Waals surface area contributed by atoms with Gasteiger partial charge < -0.3 is 10.1 Å². The quantitative estimate of drug-likeness (QED) is 0.690. The van der Waals surface area contributed by atoms with E-state index in [9.17, 15) is 18.0 Å². The average Bonchev–Trinajstić information content (AvgIpc) is 2.57. The summed E-state index contributed by atoms with van der Waals surface area (Å²) in [4.78, 5) is 18.9. The Morgan fingerprint density at radius 1 is 1.31 bits per heavy atom. The van der Waals surface area contributed by atoms with Crippen LogP contribution in [0.15, 0.2) is 18.5 Å². The molecule has 1 aromatic heterocycles. The van der Waals surface area contributed by atoms with Crippen molar-refractivity contribution in [1.29, 1.82) is 0 Å². The van der Waals surface area contributed by atoms with Gasteiger partial charge in [-0.25, -0.2) is 27.9 Å². The molecule has 0 amide bonds. The van der Waals surface area contributed by atoms with Crippen molar-refractivity contribution in [3.05, 3.63) is 40.0 Å². The fourth-order valence-electron chi connectivity index (χ4n) is 2.12. The van der Waals surface area contributed by atoms with Crippen LogP contribution in [0.2, 0.25) is 10.0 Å². The molecule has 140 valence electrons. The Labute approximate surface area is 157 Å². The first-order valence-corrected chi connectivity index (χ1v) is 8.23. The summed E-state index contributed by atoms with van der Waals surface area (Å²) in [5.41, 5.74) is -0.891. The van der Waals surface area contributed by atoms with Gasteiger partial charge in [-0.2, -0.15) is 0 Å². The highest BCUT2D eigenvalue weighted by atomic mass is 35.5. The Morgan fingerprint density at radius 3 is 2.62 bits per heavy atom. The van der Waals surface area contributed by atoms with Crippen LogP contribution in [-0.4, -0.2) is 28.6 Å². The van der Waals surface area contributed by atoms with E-state index < -0.39 is 35.0 Å². The zero-order valence-corrected chi connectivity index (χ0v) is 15.2. The summed E-state index contributed by atoms with van der Waals surface area (Å²) >= 11 is 11.9. The van der Waals surface area contributed by atoms with Gasteiger partial charge in [-0.1, -0.05) is 23.2 Å². The van der Waals surface area contributed by atoms with Crippen molar-refractivity contribution in [2.75, 3.05) is 11.9 Å². The van der Waals surface area contributed by atoms with E-state index in [0.29, 0.717) is 0 Å². The van der Waals surface area contributed by atoms with Gasteiger partial charge in [0.25, 0.3) is 6.43 Å².